The van der Waals surface area contributed by atoms with E-state index in [1.807, 2.05) is 27.7 Å². The first kappa shape index (κ1) is 17.4. The quantitative estimate of drug-likeness (QED) is 0.839. The van der Waals surface area contributed by atoms with Gasteiger partial charge in [0.15, 0.2) is 0 Å². The summed E-state index contributed by atoms with van der Waals surface area (Å²) < 4.78 is 2.98. The van der Waals surface area contributed by atoms with Crippen molar-refractivity contribution in [2.45, 2.75) is 39.8 Å². The molecule has 2 aromatic rings. The van der Waals surface area contributed by atoms with Crippen molar-refractivity contribution in [1.29, 1.82) is 0 Å². The highest BCUT2D eigenvalue weighted by atomic mass is 16.2. The standard InChI is InChI=1S/C7H11N3O.C7H10N2O2/c1-5(2)10-4-3-6(8)9-7(10)11;1-5(2)9-4-3-6(10)8-7(9)11/h3-5H,1-2H3,(H2,8,9,11);3-5H,1-2H3,(H,8,10,11). The topological polar surface area (TPSA) is 116 Å². The van der Waals surface area contributed by atoms with Crippen LogP contribution < -0.4 is 22.7 Å². The summed E-state index contributed by atoms with van der Waals surface area (Å²) in [6.07, 6.45) is 3.14. The predicted octanol–water partition coefficient (Wildman–Crippen LogP) is 0.524. The molecular formula is C14H21N5O3. The van der Waals surface area contributed by atoms with Crippen LogP contribution in [0.1, 0.15) is 39.8 Å². The molecule has 0 amide bonds. The van der Waals surface area contributed by atoms with Gasteiger partial charge in [0.1, 0.15) is 5.82 Å². The highest BCUT2D eigenvalue weighted by molar-refractivity contribution is 5.23. The fourth-order valence-corrected chi connectivity index (χ4v) is 1.65. The number of hydrogen-bond acceptors (Lipinski definition) is 5. The molecule has 3 N–H and O–H groups in total. The Hall–Kier alpha value is -2.64. The molecule has 0 aromatic carbocycles. The van der Waals surface area contributed by atoms with Crippen LogP contribution in [-0.2, 0) is 0 Å². The monoisotopic (exact) mass is 307 g/mol. The van der Waals surface area contributed by atoms with Crippen LogP contribution in [0, 0.1) is 0 Å². The Bertz CT molecular complexity index is 786. The van der Waals surface area contributed by atoms with Crippen molar-refractivity contribution in [3.05, 3.63) is 55.8 Å². The lowest BCUT2D eigenvalue weighted by Gasteiger charge is -2.07. The van der Waals surface area contributed by atoms with Gasteiger partial charge in [0.05, 0.1) is 0 Å². The van der Waals surface area contributed by atoms with Crippen molar-refractivity contribution in [1.82, 2.24) is 19.1 Å². The van der Waals surface area contributed by atoms with E-state index in [2.05, 4.69) is 9.97 Å². The third kappa shape index (κ3) is 4.72. The first-order valence-corrected chi connectivity index (χ1v) is 6.88. The van der Waals surface area contributed by atoms with Crippen LogP contribution in [0.4, 0.5) is 5.82 Å². The molecule has 0 radical (unpaired) electrons. The lowest BCUT2D eigenvalue weighted by molar-refractivity contribution is 0.561. The molecule has 0 aliphatic carbocycles. The Labute approximate surface area is 127 Å². The lowest BCUT2D eigenvalue weighted by Crippen LogP contribution is -2.29. The van der Waals surface area contributed by atoms with Crippen molar-refractivity contribution in [2.24, 2.45) is 0 Å². The normalized spacial score (nSPS) is 10.5. The zero-order valence-corrected chi connectivity index (χ0v) is 13.1. The molecular weight excluding hydrogens is 286 g/mol. The highest BCUT2D eigenvalue weighted by Crippen LogP contribution is 1.99. The van der Waals surface area contributed by atoms with Crippen LogP contribution in [0.25, 0.3) is 0 Å². The molecule has 0 aliphatic rings. The van der Waals surface area contributed by atoms with E-state index in [0.717, 1.165) is 0 Å². The summed E-state index contributed by atoms with van der Waals surface area (Å²) in [6, 6.07) is 3.16. The molecule has 8 nitrogen and oxygen atoms in total. The molecule has 2 heterocycles. The van der Waals surface area contributed by atoms with Gasteiger partial charge < -0.3 is 5.73 Å². The molecule has 0 spiro atoms. The molecule has 0 saturated heterocycles. The van der Waals surface area contributed by atoms with Crippen LogP contribution >= 0.6 is 0 Å². The summed E-state index contributed by atoms with van der Waals surface area (Å²) >= 11 is 0. The number of hydrogen-bond donors (Lipinski definition) is 2. The van der Waals surface area contributed by atoms with Gasteiger partial charge in [-0.05, 0) is 33.8 Å². The number of rotatable bonds is 2. The van der Waals surface area contributed by atoms with E-state index in [0.29, 0.717) is 0 Å². The predicted molar refractivity (Wildman–Crippen MR) is 85.0 cm³/mol. The van der Waals surface area contributed by atoms with Gasteiger partial charge in [0.2, 0.25) is 0 Å². The summed E-state index contributed by atoms with van der Waals surface area (Å²) in [7, 11) is 0. The Morgan fingerprint density at radius 2 is 1.55 bits per heavy atom. The molecule has 120 valence electrons. The second-order valence-corrected chi connectivity index (χ2v) is 5.25. The molecule has 2 aromatic heterocycles. The van der Waals surface area contributed by atoms with Gasteiger partial charge in [-0.2, -0.15) is 4.98 Å². The van der Waals surface area contributed by atoms with E-state index < -0.39 is 0 Å². The van der Waals surface area contributed by atoms with Crippen molar-refractivity contribution in [3.63, 3.8) is 0 Å². The fourth-order valence-electron chi connectivity index (χ4n) is 1.65. The molecule has 0 bridgehead atoms. The van der Waals surface area contributed by atoms with Crippen LogP contribution in [0.2, 0.25) is 0 Å². The molecule has 8 heteroatoms. The van der Waals surface area contributed by atoms with Gasteiger partial charge >= 0.3 is 11.4 Å². The minimum absolute atomic E-state index is 0.0827. The van der Waals surface area contributed by atoms with E-state index in [-0.39, 0.29) is 34.8 Å². The van der Waals surface area contributed by atoms with Crippen LogP contribution in [0.15, 0.2) is 38.9 Å². The van der Waals surface area contributed by atoms with Crippen LogP contribution in [0.5, 0.6) is 0 Å². The van der Waals surface area contributed by atoms with Crippen molar-refractivity contribution < 1.29 is 0 Å². The number of nitrogens with one attached hydrogen (secondary N) is 1. The number of aromatic amines is 1. The van der Waals surface area contributed by atoms with Gasteiger partial charge in [-0.1, -0.05) is 0 Å². The molecule has 2 rings (SSSR count). The number of anilines is 1. The first-order valence-electron chi connectivity index (χ1n) is 6.88. The average molecular weight is 307 g/mol. The van der Waals surface area contributed by atoms with Crippen molar-refractivity contribution in [2.75, 3.05) is 5.73 Å². The third-order valence-corrected chi connectivity index (χ3v) is 2.82. The maximum atomic E-state index is 11.1. The highest BCUT2D eigenvalue weighted by Gasteiger charge is 2.00. The van der Waals surface area contributed by atoms with E-state index in [4.69, 9.17) is 5.73 Å². The molecule has 0 fully saturated rings. The van der Waals surface area contributed by atoms with Crippen LogP contribution in [0.3, 0.4) is 0 Å². The largest absolute Gasteiger partial charge is 0.383 e. The van der Waals surface area contributed by atoms with E-state index in [1.165, 1.54) is 21.4 Å². The fraction of sp³-hybridized carbons (Fsp3) is 0.429. The lowest BCUT2D eigenvalue weighted by atomic mass is 10.4. The molecule has 0 atom stereocenters. The first-order chi connectivity index (χ1) is 10.2. The van der Waals surface area contributed by atoms with E-state index >= 15 is 0 Å². The maximum Gasteiger partial charge on any atom is 0.349 e. The van der Waals surface area contributed by atoms with E-state index in [1.54, 1.807) is 12.3 Å². The number of nitrogens with zero attached hydrogens (tertiary/aromatic N) is 3. The smallest absolute Gasteiger partial charge is 0.349 e. The average Bonchev–Trinajstić information content (AvgIpc) is 2.38. The summed E-state index contributed by atoms with van der Waals surface area (Å²) in [5.41, 5.74) is 4.30. The number of nitrogens with two attached hydrogens (primary N) is 1. The third-order valence-electron chi connectivity index (χ3n) is 2.82. The Balaban J connectivity index is 0.000000220. The molecule has 0 saturated carbocycles. The minimum Gasteiger partial charge on any atom is -0.383 e. The Morgan fingerprint density at radius 1 is 1.00 bits per heavy atom. The second-order valence-electron chi connectivity index (χ2n) is 5.25. The number of nitrogen functional groups attached to an aromatic ring is 1. The van der Waals surface area contributed by atoms with Crippen LogP contribution in [-0.4, -0.2) is 19.1 Å². The van der Waals surface area contributed by atoms with Gasteiger partial charge in [-0.3, -0.25) is 18.9 Å². The summed E-state index contributed by atoms with van der Waals surface area (Å²) in [5.74, 6) is 0.270. The van der Waals surface area contributed by atoms with Gasteiger partial charge in [-0.15, -0.1) is 0 Å². The Morgan fingerprint density at radius 3 is 2.00 bits per heavy atom. The summed E-state index contributed by atoms with van der Waals surface area (Å²) in [6.45, 7) is 7.58. The van der Waals surface area contributed by atoms with Crippen molar-refractivity contribution in [3.8, 4) is 0 Å². The van der Waals surface area contributed by atoms with E-state index in [9.17, 15) is 14.4 Å². The minimum atomic E-state index is -0.355. The second kappa shape index (κ2) is 7.39. The maximum absolute atomic E-state index is 11.1. The zero-order chi connectivity index (χ0) is 16.9. The SMILES string of the molecule is CC(C)n1ccc(=O)[nH]c1=O.CC(C)n1ccc(N)nc1=O. The molecule has 0 unspecified atom stereocenters. The summed E-state index contributed by atoms with van der Waals surface area (Å²) in [5, 5.41) is 0. The van der Waals surface area contributed by atoms with Gasteiger partial charge in [0, 0.05) is 30.5 Å². The summed E-state index contributed by atoms with van der Waals surface area (Å²) in [4.78, 5) is 38.4. The number of H-pyrrole nitrogens is 1. The molecule has 0 aliphatic heterocycles. The van der Waals surface area contributed by atoms with Gasteiger partial charge in [0.25, 0.3) is 5.56 Å². The molecule has 22 heavy (non-hydrogen) atoms. The van der Waals surface area contributed by atoms with Gasteiger partial charge in [-0.25, -0.2) is 9.59 Å². The van der Waals surface area contributed by atoms with Crippen molar-refractivity contribution >= 4 is 5.82 Å². The zero-order valence-electron chi connectivity index (χ0n) is 13.1. The number of aromatic nitrogens is 4. The Kier molecular flexibility index (Phi) is 5.85.